The fourth-order valence-corrected chi connectivity index (χ4v) is 6.71. The number of carbonyl (C=O) groups is 1. The summed E-state index contributed by atoms with van der Waals surface area (Å²) in [4.78, 5) is 23.3. The van der Waals surface area contributed by atoms with Crippen LogP contribution >= 0.6 is 11.6 Å². The highest BCUT2D eigenvalue weighted by Gasteiger charge is 2.36. The average molecular weight is 601 g/mol. The Hall–Kier alpha value is -3.19. The molecule has 1 amide bonds. The zero-order valence-electron chi connectivity index (χ0n) is 25.4. The van der Waals surface area contributed by atoms with Gasteiger partial charge in [-0.1, -0.05) is 85.3 Å². The first-order valence-electron chi connectivity index (χ1n) is 15.8. The Morgan fingerprint density at radius 3 is 2.49 bits per heavy atom. The molecule has 7 heteroatoms. The molecule has 2 saturated heterocycles. The number of amides is 1. The number of rotatable bonds is 11. The van der Waals surface area contributed by atoms with Crippen LogP contribution in [0.4, 0.5) is 0 Å². The van der Waals surface area contributed by atoms with Gasteiger partial charge >= 0.3 is 0 Å². The topological polar surface area (TPSA) is 61.6 Å². The van der Waals surface area contributed by atoms with E-state index in [-0.39, 0.29) is 23.8 Å². The molecule has 228 valence electrons. The number of aromatic nitrogens is 2. The van der Waals surface area contributed by atoms with Crippen molar-refractivity contribution < 1.29 is 9.90 Å². The van der Waals surface area contributed by atoms with Crippen molar-refractivity contribution in [3.63, 3.8) is 0 Å². The van der Waals surface area contributed by atoms with Gasteiger partial charge in [0.1, 0.15) is 5.69 Å². The molecule has 0 aliphatic carbocycles. The second-order valence-electron chi connectivity index (χ2n) is 12.1. The number of hydrogen-bond donors (Lipinski definition) is 1. The van der Waals surface area contributed by atoms with Crippen LogP contribution in [-0.2, 0) is 18.5 Å². The van der Waals surface area contributed by atoms with Gasteiger partial charge in [0.15, 0.2) is 0 Å². The predicted octanol–water partition coefficient (Wildman–Crippen LogP) is 6.88. The summed E-state index contributed by atoms with van der Waals surface area (Å²) in [6.45, 7) is 6.66. The zero-order chi connectivity index (χ0) is 30.1. The Morgan fingerprint density at radius 1 is 1.02 bits per heavy atom. The largest absolute Gasteiger partial charge is 0.396 e. The van der Waals surface area contributed by atoms with Gasteiger partial charge in [0.05, 0.1) is 12.0 Å². The van der Waals surface area contributed by atoms with Crippen LogP contribution in [0.3, 0.4) is 0 Å². The highest BCUT2D eigenvalue weighted by molar-refractivity contribution is 6.30. The average Bonchev–Trinajstić information content (AvgIpc) is 3.44. The highest BCUT2D eigenvalue weighted by Crippen LogP contribution is 2.39. The first-order valence-corrected chi connectivity index (χ1v) is 16.2. The number of aliphatic hydroxyl groups excluding tert-OH is 1. The van der Waals surface area contributed by atoms with Gasteiger partial charge in [-0.15, -0.1) is 0 Å². The van der Waals surface area contributed by atoms with Gasteiger partial charge in [-0.05, 0) is 80.8 Å². The number of allylic oxidation sites excluding steroid dienone is 4. The maximum atomic E-state index is 14.1. The van der Waals surface area contributed by atoms with Crippen molar-refractivity contribution in [2.75, 3.05) is 32.8 Å². The number of halogens is 1. The Kier molecular flexibility index (Phi) is 10.9. The van der Waals surface area contributed by atoms with E-state index >= 15 is 0 Å². The molecule has 5 rings (SSSR count). The van der Waals surface area contributed by atoms with Crippen LogP contribution in [0.15, 0.2) is 85.2 Å². The molecule has 2 fully saturated rings. The number of likely N-dealkylation sites (tertiary alicyclic amines) is 2. The molecule has 1 unspecified atom stereocenters. The van der Waals surface area contributed by atoms with Crippen LogP contribution in [0.1, 0.15) is 72.8 Å². The van der Waals surface area contributed by atoms with Gasteiger partial charge in [0.2, 0.25) is 0 Å². The summed E-state index contributed by atoms with van der Waals surface area (Å²) >= 11 is 6.13. The maximum absolute atomic E-state index is 14.1. The zero-order valence-corrected chi connectivity index (χ0v) is 26.1. The molecule has 3 heterocycles. The van der Waals surface area contributed by atoms with E-state index in [1.54, 1.807) is 0 Å². The SMILES string of the molecule is CC/C=C\C=C/CC1(c2ccccc2)CCN(Cc2ncn(Cc3ccc(Cl)cc3)c2C(=O)N2CCCC(CO)C2)CC1. The van der Waals surface area contributed by atoms with Gasteiger partial charge in [-0.2, -0.15) is 0 Å². The number of piperidine rings is 2. The molecule has 43 heavy (non-hydrogen) atoms. The van der Waals surface area contributed by atoms with Gasteiger partial charge in [0, 0.05) is 43.2 Å². The van der Waals surface area contributed by atoms with Gasteiger partial charge < -0.3 is 14.6 Å². The van der Waals surface area contributed by atoms with Crippen LogP contribution in [-0.4, -0.2) is 63.2 Å². The van der Waals surface area contributed by atoms with Crippen LogP contribution in [0.25, 0.3) is 0 Å². The monoisotopic (exact) mass is 600 g/mol. The molecular formula is C36H45ClN4O2. The predicted molar refractivity (Wildman–Crippen MR) is 174 cm³/mol. The first-order chi connectivity index (χ1) is 21.0. The second kappa shape index (κ2) is 15.0. The van der Waals surface area contributed by atoms with Gasteiger partial charge in [-0.3, -0.25) is 9.69 Å². The molecule has 2 aromatic carbocycles. The van der Waals surface area contributed by atoms with Crippen molar-refractivity contribution in [2.24, 2.45) is 5.92 Å². The summed E-state index contributed by atoms with van der Waals surface area (Å²) in [6.07, 6.45) is 16.7. The Bertz CT molecular complexity index is 1370. The van der Waals surface area contributed by atoms with E-state index in [1.807, 2.05) is 40.1 Å². The fourth-order valence-electron chi connectivity index (χ4n) is 6.58. The van der Waals surface area contributed by atoms with Crippen LogP contribution in [0, 0.1) is 5.92 Å². The summed E-state index contributed by atoms with van der Waals surface area (Å²) < 4.78 is 2.00. The summed E-state index contributed by atoms with van der Waals surface area (Å²) in [6, 6.07) is 18.7. The van der Waals surface area contributed by atoms with Crippen molar-refractivity contribution in [3.05, 3.63) is 113 Å². The number of benzene rings is 2. The maximum Gasteiger partial charge on any atom is 0.272 e. The minimum atomic E-state index is 0.0144. The second-order valence-corrected chi connectivity index (χ2v) is 12.6. The van der Waals surface area contributed by atoms with Crippen molar-refractivity contribution in [2.45, 2.75) is 64.0 Å². The molecular weight excluding hydrogens is 556 g/mol. The molecule has 3 aromatic rings. The Labute approximate surface area is 261 Å². The molecule has 2 aliphatic rings. The van der Waals surface area contributed by atoms with E-state index in [4.69, 9.17) is 16.6 Å². The third-order valence-corrected chi connectivity index (χ3v) is 9.40. The molecule has 0 saturated carbocycles. The third-order valence-electron chi connectivity index (χ3n) is 9.15. The number of hydrogen-bond acceptors (Lipinski definition) is 4. The summed E-state index contributed by atoms with van der Waals surface area (Å²) in [5.41, 5.74) is 4.08. The fraction of sp³-hybridized carbons (Fsp3) is 0.444. The van der Waals surface area contributed by atoms with Gasteiger partial charge in [0.25, 0.3) is 5.91 Å². The van der Waals surface area contributed by atoms with Crippen LogP contribution in [0.2, 0.25) is 5.02 Å². The molecule has 1 atom stereocenters. The van der Waals surface area contributed by atoms with E-state index in [0.717, 1.165) is 62.9 Å². The molecule has 6 nitrogen and oxygen atoms in total. The minimum Gasteiger partial charge on any atom is -0.396 e. The normalized spacial score (nSPS) is 19.4. The van der Waals surface area contributed by atoms with Crippen molar-refractivity contribution in [1.82, 2.24) is 19.4 Å². The first kappa shape index (κ1) is 31.2. The number of nitrogens with zero attached hydrogens (tertiary/aromatic N) is 4. The lowest BCUT2D eigenvalue weighted by Gasteiger charge is -2.42. The lowest BCUT2D eigenvalue weighted by atomic mass is 9.70. The van der Waals surface area contributed by atoms with Crippen LogP contribution in [0.5, 0.6) is 0 Å². The van der Waals surface area contributed by atoms with Crippen molar-refractivity contribution >= 4 is 17.5 Å². The van der Waals surface area contributed by atoms with Crippen molar-refractivity contribution in [3.8, 4) is 0 Å². The smallest absolute Gasteiger partial charge is 0.272 e. The Morgan fingerprint density at radius 2 is 1.77 bits per heavy atom. The van der Waals surface area contributed by atoms with Gasteiger partial charge in [-0.25, -0.2) is 4.98 Å². The van der Waals surface area contributed by atoms with E-state index < -0.39 is 0 Å². The molecule has 2 aliphatic heterocycles. The number of carbonyl (C=O) groups excluding carboxylic acids is 1. The highest BCUT2D eigenvalue weighted by atomic mass is 35.5. The van der Waals surface area contributed by atoms with E-state index in [1.165, 1.54) is 5.56 Å². The van der Waals surface area contributed by atoms with E-state index in [0.29, 0.717) is 36.9 Å². The summed E-state index contributed by atoms with van der Waals surface area (Å²) in [5, 5.41) is 10.5. The van der Waals surface area contributed by atoms with E-state index in [2.05, 4.69) is 66.5 Å². The Balaban J connectivity index is 1.35. The molecule has 1 N–H and O–H groups in total. The van der Waals surface area contributed by atoms with Crippen molar-refractivity contribution in [1.29, 1.82) is 0 Å². The standard InChI is InChI=1S/C36H45ClN4O2/c1-2-3-4-5-9-18-36(31-12-7-6-8-13-31)19-22-39(23-20-36)26-33-34(35(43)40-21-10-11-30(25-40)27-42)41(28-38-33)24-29-14-16-32(37)17-15-29/h3-9,12-17,28,30,42H,2,10-11,18-27H2,1H3/b4-3-,9-5-. The van der Waals surface area contributed by atoms with Crippen LogP contribution < -0.4 is 0 Å². The molecule has 0 spiro atoms. The summed E-state index contributed by atoms with van der Waals surface area (Å²) in [7, 11) is 0. The molecule has 0 bridgehead atoms. The lowest BCUT2D eigenvalue weighted by Crippen LogP contribution is -2.43. The summed E-state index contributed by atoms with van der Waals surface area (Å²) in [5.74, 6) is 0.147. The number of imidazole rings is 1. The molecule has 1 aromatic heterocycles. The number of aliphatic hydroxyl groups is 1. The quantitative estimate of drug-likeness (QED) is 0.244. The van der Waals surface area contributed by atoms with E-state index in [9.17, 15) is 9.90 Å². The molecule has 0 radical (unpaired) electrons. The third kappa shape index (κ3) is 7.86. The minimum absolute atomic E-state index is 0.0144. The lowest BCUT2D eigenvalue weighted by molar-refractivity contribution is 0.0607.